The predicted molar refractivity (Wildman–Crippen MR) is 104 cm³/mol. The molecular formula is C22H27F3N2O. The Kier molecular flexibility index (Phi) is 7.34. The quantitative estimate of drug-likeness (QED) is 0.663. The molecule has 152 valence electrons. The molecule has 0 radical (unpaired) electrons. The lowest BCUT2D eigenvalue weighted by atomic mass is 10.1. The Labute approximate surface area is 164 Å². The third-order valence-electron chi connectivity index (χ3n) is 5.10. The number of benzene rings is 2. The fourth-order valence-electron chi connectivity index (χ4n) is 3.57. The topological polar surface area (TPSA) is 15.7 Å². The Balaban J connectivity index is 1.35. The van der Waals surface area contributed by atoms with Crippen LogP contribution in [0.5, 0.6) is 5.75 Å². The van der Waals surface area contributed by atoms with Gasteiger partial charge in [0.15, 0.2) is 0 Å². The van der Waals surface area contributed by atoms with E-state index < -0.39 is 6.36 Å². The number of halogens is 3. The second-order valence-electron chi connectivity index (χ2n) is 7.22. The Morgan fingerprint density at radius 2 is 1.39 bits per heavy atom. The third-order valence-corrected chi connectivity index (χ3v) is 5.10. The van der Waals surface area contributed by atoms with Gasteiger partial charge in [-0.2, -0.15) is 0 Å². The van der Waals surface area contributed by atoms with Crippen molar-refractivity contribution in [3.8, 4) is 5.75 Å². The van der Waals surface area contributed by atoms with Gasteiger partial charge in [-0.15, -0.1) is 13.2 Å². The minimum Gasteiger partial charge on any atom is -0.406 e. The van der Waals surface area contributed by atoms with Crippen molar-refractivity contribution in [3.05, 3.63) is 65.7 Å². The van der Waals surface area contributed by atoms with Gasteiger partial charge in [-0.3, -0.25) is 0 Å². The van der Waals surface area contributed by atoms with E-state index in [1.54, 1.807) is 6.07 Å². The van der Waals surface area contributed by atoms with Crippen LogP contribution in [-0.2, 0) is 12.8 Å². The van der Waals surface area contributed by atoms with Crippen LogP contribution in [0, 0.1) is 0 Å². The van der Waals surface area contributed by atoms with Crippen LogP contribution in [0.2, 0.25) is 0 Å². The van der Waals surface area contributed by atoms with Gasteiger partial charge >= 0.3 is 6.36 Å². The zero-order chi connectivity index (χ0) is 19.8. The molecule has 1 aliphatic heterocycles. The highest BCUT2D eigenvalue weighted by molar-refractivity contribution is 5.28. The molecule has 1 aliphatic rings. The van der Waals surface area contributed by atoms with E-state index >= 15 is 0 Å². The van der Waals surface area contributed by atoms with E-state index in [0.29, 0.717) is 0 Å². The molecule has 2 aromatic rings. The summed E-state index contributed by atoms with van der Waals surface area (Å²) in [6, 6.07) is 16.8. The van der Waals surface area contributed by atoms with Crippen molar-refractivity contribution in [2.75, 3.05) is 39.3 Å². The molecular weight excluding hydrogens is 365 g/mol. The van der Waals surface area contributed by atoms with Gasteiger partial charge in [-0.25, -0.2) is 0 Å². The molecule has 0 atom stereocenters. The first-order chi connectivity index (χ1) is 13.5. The summed E-state index contributed by atoms with van der Waals surface area (Å²) in [6.45, 7) is 6.07. The zero-order valence-electron chi connectivity index (χ0n) is 16.0. The number of hydrogen-bond acceptors (Lipinski definition) is 3. The highest BCUT2D eigenvalue weighted by Crippen LogP contribution is 2.23. The van der Waals surface area contributed by atoms with Crippen molar-refractivity contribution in [1.29, 1.82) is 0 Å². The van der Waals surface area contributed by atoms with Gasteiger partial charge in [0.25, 0.3) is 0 Å². The Morgan fingerprint density at radius 3 is 2.07 bits per heavy atom. The summed E-state index contributed by atoms with van der Waals surface area (Å²) in [7, 11) is 0. The number of rotatable bonds is 8. The molecule has 1 fully saturated rings. The maximum Gasteiger partial charge on any atom is 0.573 e. The van der Waals surface area contributed by atoms with E-state index in [1.165, 1.54) is 17.7 Å². The summed E-state index contributed by atoms with van der Waals surface area (Å²) < 4.78 is 41.0. The van der Waals surface area contributed by atoms with Crippen molar-refractivity contribution in [2.45, 2.75) is 25.6 Å². The minimum absolute atomic E-state index is 0.145. The van der Waals surface area contributed by atoms with Crippen LogP contribution in [0.1, 0.15) is 17.5 Å². The number of aryl methyl sites for hydroxylation is 1. The molecule has 0 amide bonds. The van der Waals surface area contributed by atoms with Crippen LogP contribution < -0.4 is 4.74 Å². The van der Waals surface area contributed by atoms with Gasteiger partial charge in [0.05, 0.1) is 0 Å². The second kappa shape index (κ2) is 9.94. The molecule has 3 rings (SSSR count). The second-order valence-corrected chi connectivity index (χ2v) is 7.22. The first kappa shape index (κ1) is 20.7. The summed E-state index contributed by atoms with van der Waals surface area (Å²) in [5.41, 5.74) is 2.25. The monoisotopic (exact) mass is 392 g/mol. The number of ether oxygens (including phenoxy) is 1. The van der Waals surface area contributed by atoms with Crippen molar-refractivity contribution in [2.24, 2.45) is 0 Å². The first-order valence-corrected chi connectivity index (χ1v) is 9.81. The summed E-state index contributed by atoms with van der Waals surface area (Å²) in [5, 5.41) is 0. The average Bonchev–Trinajstić information content (AvgIpc) is 2.67. The number of hydrogen-bond donors (Lipinski definition) is 0. The Hall–Kier alpha value is -2.05. The maximum absolute atomic E-state index is 12.3. The van der Waals surface area contributed by atoms with Crippen LogP contribution >= 0.6 is 0 Å². The lowest BCUT2D eigenvalue weighted by Crippen LogP contribution is -2.47. The molecule has 0 aliphatic carbocycles. The number of nitrogens with zero attached hydrogens (tertiary/aromatic N) is 2. The lowest BCUT2D eigenvalue weighted by molar-refractivity contribution is -0.274. The lowest BCUT2D eigenvalue weighted by Gasteiger charge is -2.34. The van der Waals surface area contributed by atoms with Crippen LogP contribution in [0.3, 0.4) is 0 Å². The van der Waals surface area contributed by atoms with Gasteiger partial charge < -0.3 is 14.5 Å². The molecule has 1 heterocycles. The standard InChI is InChI=1S/C22H27F3N2O/c23-22(24,25)28-21-10-4-8-20(18-21)11-13-27-16-14-26(15-17-27)12-5-9-19-6-2-1-3-7-19/h1-4,6-8,10,18H,5,9,11-17H2. The van der Waals surface area contributed by atoms with Gasteiger partial charge in [0, 0.05) is 32.7 Å². The molecule has 0 aromatic heterocycles. The molecule has 3 nitrogen and oxygen atoms in total. The SMILES string of the molecule is FC(F)(F)Oc1cccc(CCN2CCN(CCCc3ccccc3)CC2)c1. The summed E-state index contributed by atoms with van der Waals surface area (Å²) in [4.78, 5) is 4.88. The molecule has 0 N–H and O–H groups in total. The smallest absolute Gasteiger partial charge is 0.406 e. The minimum atomic E-state index is -4.64. The van der Waals surface area contributed by atoms with Crippen molar-refractivity contribution >= 4 is 0 Å². The molecule has 28 heavy (non-hydrogen) atoms. The van der Waals surface area contributed by atoms with Crippen LogP contribution in [0.4, 0.5) is 13.2 Å². The Morgan fingerprint density at radius 1 is 0.750 bits per heavy atom. The van der Waals surface area contributed by atoms with Gasteiger partial charge in [0.2, 0.25) is 0 Å². The largest absolute Gasteiger partial charge is 0.573 e. The van der Waals surface area contributed by atoms with Crippen molar-refractivity contribution in [3.63, 3.8) is 0 Å². The zero-order valence-corrected chi connectivity index (χ0v) is 16.0. The predicted octanol–water partition coefficient (Wildman–Crippen LogP) is 4.38. The summed E-state index contributed by atoms with van der Waals surface area (Å²) >= 11 is 0. The van der Waals surface area contributed by atoms with Crippen molar-refractivity contribution < 1.29 is 17.9 Å². The van der Waals surface area contributed by atoms with E-state index in [2.05, 4.69) is 38.8 Å². The van der Waals surface area contributed by atoms with Gasteiger partial charge in [-0.05, 0) is 49.1 Å². The molecule has 0 bridgehead atoms. The van der Waals surface area contributed by atoms with E-state index in [-0.39, 0.29) is 5.75 Å². The van der Waals surface area contributed by atoms with Crippen LogP contribution in [0.15, 0.2) is 54.6 Å². The maximum atomic E-state index is 12.3. The highest BCUT2D eigenvalue weighted by atomic mass is 19.4. The fourth-order valence-corrected chi connectivity index (χ4v) is 3.57. The van der Waals surface area contributed by atoms with Crippen molar-refractivity contribution in [1.82, 2.24) is 9.80 Å². The van der Waals surface area contributed by atoms with E-state index in [1.807, 2.05) is 12.1 Å². The third kappa shape index (κ3) is 7.17. The number of piperazine rings is 1. The molecule has 1 saturated heterocycles. The summed E-state index contributed by atoms with van der Waals surface area (Å²) in [6.07, 6.45) is -1.65. The highest BCUT2D eigenvalue weighted by Gasteiger charge is 2.31. The summed E-state index contributed by atoms with van der Waals surface area (Å²) in [5.74, 6) is -0.145. The fraction of sp³-hybridized carbons (Fsp3) is 0.455. The van der Waals surface area contributed by atoms with Crippen LogP contribution in [-0.4, -0.2) is 55.4 Å². The normalized spacial score (nSPS) is 16.2. The van der Waals surface area contributed by atoms with E-state index in [4.69, 9.17) is 0 Å². The molecule has 0 saturated carbocycles. The first-order valence-electron chi connectivity index (χ1n) is 9.81. The van der Waals surface area contributed by atoms with Gasteiger partial charge in [0.1, 0.15) is 5.75 Å². The van der Waals surface area contributed by atoms with E-state index in [0.717, 1.165) is 64.1 Å². The van der Waals surface area contributed by atoms with Gasteiger partial charge in [-0.1, -0.05) is 42.5 Å². The molecule has 6 heteroatoms. The molecule has 0 unspecified atom stereocenters. The molecule has 2 aromatic carbocycles. The Bertz CT molecular complexity index is 713. The van der Waals surface area contributed by atoms with E-state index in [9.17, 15) is 13.2 Å². The average molecular weight is 392 g/mol. The number of alkyl halides is 3. The van der Waals surface area contributed by atoms with Crippen LogP contribution in [0.25, 0.3) is 0 Å². The molecule has 0 spiro atoms.